The first-order chi connectivity index (χ1) is 11.6. The first-order valence-electron chi connectivity index (χ1n) is 7.89. The summed E-state index contributed by atoms with van der Waals surface area (Å²) in [6.45, 7) is 2.55. The van der Waals surface area contributed by atoms with E-state index in [2.05, 4.69) is 20.1 Å². The molecule has 8 nitrogen and oxygen atoms in total. The van der Waals surface area contributed by atoms with Crippen LogP contribution in [0.25, 0.3) is 10.8 Å². The van der Waals surface area contributed by atoms with Crippen molar-refractivity contribution in [2.24, 2.45) is 0 Å². The van der Waals surface area contributed by atoms with Crippen molar-refractivity contribution in [3.8, 4) is 5.88 Å². The van der Waals surface area contributed by atoms with Crippen LogP contribution in [0.5, 0.6) is 5.88 Å². The van der Waals surface area contributed by atoms with Crippen LogP contribution in [-0.2, 0) is 6.42 Å². The van der Waals surface area contributed by atoms with Gasteiger partial charge in [0.05, 0.1) is 13.3 Å². The highest BCUT2D eigenvalue weighted by atomic mass is 31.2. The molecule has 130 valence electrons. The van der Waals surface area contributed by atoms with Gasteiger partial charge in [-0.2, -0.15) is 5.10 Å². The third kappa shape index (κ3) is 3.72. The largest absolute Gasteiger partial charge is 0.480 e. The maximum absolute atomic E-state index is 11.9. The first-order valence-corrected chi connectivity index (χ1v) is 9.20. The van der Waals surface area contributed by atoms with E-state index in [-0.39, 0.29) is 11.2 Å². The Morgan fingerprint density at radius 3 is 2.83 bits per heavy atom. The molecule has 3 N–H and O–H groups in total. The number of nitrogens with zero attached hydrogens (tertiary/aromatic N) is 3. The van der Waals surface area contributed by atoms with E-state index < -0.39 is 8.38 Å². The summed E-state index contributed by atoms with van der Waals surface area (Å²) in [5.41, 5.74) is 0.573. The Bertz CT molecular complexity index is 759. The molecule has 0 aromatic carbocycles. The lowest BCUT2D eigenvalue weighted by molar-refractivity contribution is 0.227. The van der Waals surface area contributed by atoms with E-state index in [9.17, 15) is 14.6 Å². The maximum atomic E-state index is 11.9. The van der Waals surface area contributed by atoms with Gasteiger partial charge in [0.25, 0.3) is 5.56 Å². The van der Waals surface area contributed by atoms with Gasteiger partial charge in [0.1, 0.15) is 5.39 Å². The quantitative estimate of drug-likeness (QED) is 0.677. The van der Waals surface area contributed by atoms with Crippen molar-refractivity contribution >= 4 is 19.1 Å². The number of H-pyrrole nitrogens is 1. The van der Waals surface area contributed by atoms with Crippen LogP contribution in [-0.4, -0.2) is 62.3 Å². The molecule has 3 rings (SSSR count). The van der Waals surface area contributed by atoms with E-state index >= 15 is 0 Å². The maximum Gasteiger partial charge on any atom is 0.277 e. The van der Waals surface area contributed by atoms with Crippen LogP contribution in [0.2, 0.25) is 0 Å². The second-order valence-corrected chi connectivity index (χ2v) is 7.30. The van der Waals surface area contributed by atoms with Gasteiger partial charge >= 0.3 is 0 Å². The fourth-order valence-corrected chi connectivity index (χ4v) is 3.76. The minimum atomic E-state index is -1.82. The number of aromatic amines is 1. The van der Waals surface area contributed by atoms with Gasteiger partial charge in [0.2, 0.25) is 5.88 Å². The lowest BCUT2D eigenvalue weighted by Gasteiger charge is -2.32. The Kier molecular flexibility index (Phi) is 5.40. The Morgan fingerprint density at radius 1 is 1.42 bits per heavy atom. The number of piperidine rings is 1. The van der Waals surface area contributed by atoms with Crippen molar-refractivity contribution in [2.45, 2.75) is 24.9 Å². The van der Waals surface area contributed by atoms with E-state index in [4.69, 9.17) is 4.74 Å². The van der Waals surface area contributed by atoms with Crippen LogP contribution in [0.4, 0.5) is 0 Å². The van der Waals surface area contributed by atoms with Gasteiger partial charge in [-0.1, -0.05) is 0 Å². The molecule has 2 aromatic rings. The number of ether oxygens (including phenoxy) is 1. The number of aromatic nitrogens is 3. The molecule has 0 unspecified atom stereocenters. The normalized spacial score (nSPS) is 16.8. The van der Waals surface area contributed by atoms with Crippen molar-refractivity contribution < 1.29 is 14.5 Å². The van der Waals surface area contributed by atoms with Crippen molar-refractivity contribution in [2.75, 3.05) is 26.7 Å². The lowest BCUT2D eigenvalue weighted by Crippen LogP contribution is -2.36. The van der Waals surface area contributed by atoms with Crippen LogP contribution in [0.1, 0.15) is 18.5 Å². The number of fused-ring (bicyclic) bond motifs is 1. The fraction of sp³-hybridized carbons (Fsp3) is 0.533. The molecule has 1 saturated heterocycles. The van der Waals surface area contributed by atoms with Gasteiger partial charge in [-0.3, -0.25) is 4.79 Å². The number of nitrogens with one attached hydrogen (secondary N) is 1. The molecule has 0 amide bonds. The molecular weight excluding hydrogens is 331 g/mol. The monoisotopic (exact) mass is 352 g/mol. The van der Waals surface area contributed by atoms with Crippen molar-refractivity contribution in [1.29, 1.82) is 0 Å². The second kappa shape index (κ2) is 7.53. The number of methoxy groups -OCH3 is 1. The van der Waals surface area contributed by atoms with E-state index in [1.165, 1.54) is 7.11 Å². The van der Waals surface area contributed by atoms with Crippen LogP contribution < -0.4 is 10.3 Å². The summed E-state index contributed by atoms with van der Waals surface area (Å²) < 4.78 is 5.26. The molecule has 3 heterocycles. The minimum Gasteiger partial charge on any atom is -0.480 e. The van der Waals surface area contributed by atoms with E-state index in [0.717, 1.165) is 44.6 Å². The zero-order chi connectivity index (χ0) is 17.1. The van der Waals surface area contributed by atoms with Crippen LogP contribution in [0, 0.1) is 0 Å². The van der Waals surface area contributed by atoms with Crippen LogP contribution in [0.15, 0.2) is 17.1 Å². The number of hydrogen-bond donors (Lipinski definition) is 3. The van der Waals surface area contributed by atoms with Crippen LogP contribution in [0.3, 0.4) is 0 Å². The van der Waals surface area contributed by atoms with Gasteiger partial charge in [-0.05, 0) is 32.0 Å². The molecular formula is C15H21N4O4P. The first kappa shape index (κ1) is 17.2. The topological polar surface area (TPSA) is 112 Å². The zero-order valence-corrected chi connectivity index (χ0v) is 14.4. The molecule has 9 heteroatoms. The number of likely N-dealkylation sites (tertiary alicyclic amines) is 1. The summed E-state index contributed by atoms with van der Waals surface area (Å²) in [6.07, 6.45) is 3.95. The molecule has 0 spiro atoms. The summed E-state index contributed by atoms with van der Waals surface area (Å²) in [4.78, 5) is 37.2. The summed E-state index contributed by atoms with van der Waals surface area (Å²) in [5.74, 6) is 0.316. The van der Waals surface area contributed by atoms with Crippen molar-refractivity contribution in [3.05, 3.63) is 28.3 Å². The molecule has 0 bridgehead atoms. The van der Waals surface area contributed by atoms with Gasteiger partial charge < -0.3 is 19.4 Å². The molecule has 0 saturated carbocycles. The molecule has 1 aliphatic rings. The van der Waals surface area contributed by atoms with Gasteiger partial charge in [-0.15, -0.1) is 0 Å². The highest BCUT2D eigenvalue weighted by Crippen LogP contribution is 2.37. The van der Waals surface area contributed by atoms with E-state index in [1.807, 2.05) is 6.07 Å². The molecule has 0 aliphatic carbocycles. The van der Waals surface area contributed by atoms with Gasteiger partial charge in [-0.25, -0.2) is 10.1 Å². The minimum absolute atomic E-state index is 0.0351. The molecule has 0 radical (unpaired) electrons. The predicted molar refractivity (Wildman–Crippen MR) is 91.2 cm³/mol. The smallest absolute Gasteiger partial charge is 0.277 e. The van der Waals surface area contributed by atoms with E-state index in [1.54, 1.807) is 6.20 Å². The van der Waals surface area contributed by atoms with E-state index in [0.29, 0.717) is 16.7 Å². The Labute approximate surface area is 140 Å². The fourth-order valence-electron chi connectivity index (χ4n) is 3.06. The third-order valence-corrected chi connectivity index (χ3v) is 5.60. The summed E-state index contributed by atoms with van der Waals surface area (Å²) >= 11 is 0. The Hall–Kier alpha value is -1.60. The standard InChI is InChI=1S/C15H21N4O4P/c1-23-15-13-10(9-16-18-14(13)20)8-11(17-15)2-5-19-6-3-12(4-7-19)24(21)22/h8-9,12,21-22H,2-7H2,1H3,(H,18,20). The highest BCUT2D eigenvalue weighted by molar-refractivity contribution is 7.45. The van der Waals surface area contributed by atoms with Crippen LogP contribution >= 0.6 is 8.38 Å². The SMILES string of the molecule is COc1nc(CCN2CCC(P(O)O)CC2)cc2cn[nH]c(=O)c12. The molecule has 0 atom stereocenters. The number of hydrogen-bond acceptors (Lipinski definition) is 7. The number of rotatable bonds is 5. The lowest BCUT2D eigenvalue weighted by atomic mass is 10.1. The summed E-state index contributed by atoms with van der Waals surface area (Å²) in [6, 6.07) is 1.87. The summed E-state index contributed by atoms with van der Waals surface area (Å²) in [5, 5.41) is 7.35. The van der Waals surface area contributed by atoms with Gasteiger partial charge in [0.15, 0.2) is 8.38 Å². The average molecular weight is 352 g/mol. The molecule has 24 heavy (non-hydrogen) atoms. The Balaban J connectivity index is 1.69. The second-order valence-electron chi connectivity index (χ2n) is 5.93. The predicted octanol–water partition coefficient (Wildman–Crippen LogP) is 0.630. The van der Waals surface area contributed by atoms with Crippen molar-refractivity contribution in [3.63, 3.8) is 0 Å². The van der Waals surface area contributed by atoms with Gasteiger partial charge in [0, 0.05) is 29.7 Å². The summed E-state index contributed by atoms with van der Waals surface area (Å²) in [7, 11) is -0.317. The third-order valence-electron chi connectivity index (χ3n) is 4.43. The van der Waals surface area contributed by atoms with Crippen molar-refractivity contribution in [1.82, 2.24) is 20.1 Å². The molecule has 1 aliphatic heterocycles. The zero-order valence-electron chi connectivity index (χ0n) is 13.5. The highest BCUT2D eigenvalue weighted by Gasteiger charge is 2.24. The number of pyridine rings is 1. The molecule has 2 aromatic heterocycles. The average Bonchev–Trinajstić information content (AvgIpc) is 2.59. The Morgan fingerprint density at radius 2 is 2.17 bits per heavy atom. The molecule has 1 fully saturated rings.